The number of ketones is 1. The maximum atomic E-state index is 12.9. The molecule has 1 aliphatic rings. The number of halogens is 1. The second-order valence-electron chi connectivity index (χ2n) is 7.44. The minimum absolute atomic E-state index is 0.0457. The van der Waals surface area contributed by atoms with Crippen LogP contribution in [-0.4, -0.2) is 29.8 Å². The van der Waals surface area contributed by atoms with E-state index in [0.717, 1.165) is 12.8 Å². The summed E-state index contributed by atoms with van der Waals surface area (Å²) in [6, 6.07) is 5.26. The second-order valence-corrected chi connectivity index (χ2v) is 7.44. The molecule has 0 aliphatic heterocycles. The molecule has 1 aliphatic carbocycles. The number of hydrogen-bond donors (Lipinski definition) is 1. The molecule has 0 bridgehead atoms. The summed E-state index contributed by atoms with van der Waals surface area (Å²) < 4.78 is 18.0. The molecule has 148 valence electrons. The normalized spacial score (nSPS) is 23.3. The molecular formula is C21H28FNO4. The number of carbonyl (C=O) groups is 3. The van der Waals surface area contributed by atoms with Gasteiger partial charge in [-0.25, -0.2) is 4.39 Å². The zero-order valence-electron chi connectivity index (χ0n) is 16.2. The number of benzene rings is 1. The zero-order valence-corrected chi connectivity index (χ0v) is 16.2. The first-order valence-electron chi connectivity index (χ1n) is 9.56. The molecule has 1 saturated carbocycles. The van der Waals surface area contributed by atoms with Gasteiger partial charge in [0.05, 0.1) is 6.42 Å². The highest BCUT2D eigenvalue weighted by Crippen LogP contribution is 2.29. The number of rotatable bonds is 7. The van der Waals surface area contributed by atoms with Gasteiger partial charge in [-0.3, -0.25) is 14.4 Å². The Morgan fingerprint density at radius 2 is 1.81 bits per heavy atom. The average Bonchev–Trinajstić information content (AvgIpc) is 2.64. The Labute approximate surface area is 159 Å². The van der Waals surface area contributed by atoms with Gasteiger partial charge in [0.15, 0.2) is 11.9 Å². The van der Waals surface area contributed by atoms with E-state index in [1.165, 1.54) is 37.6 Å². The quantitative estimate of drug-likeness (QED) is 0.581. The van der Waals surface area contributed by atoms with Crippen LogP contribution in [-0.2, 0) is 14.3 Å². The SMILES string of the molecule is C[C@H]1[C@@H](NC(=O)[C@@H](C)OC(=O)CCC(=O)c2ccc(F)cc2)CCC[C@@H]1C. The van der Waals surface area contributed by atoms with Gasteiger partial charge in [-0.2, -0.15) is 0 Å². The predicted molar refractivity (Wildman–Crippen MR) is 99.6 cm³/mol. The lowest BCUT2D eigenvalue weighted by atomic mass is 9.78. The maximum absolute atomic E-state index is 12.9. The number of nitrogens with one attached hydrogen (secondary N) is 1. The van der Waals surface area contributed by atoms with E-state index in [0.29, 0.717) is 17.4 Å². The van der Waals surface area contributed by atoms with Crippen LogP contribution in [0.25, 0.3) is 0 Å². The molecule has 1 N–H and O–H groups in total. The minimum Gasteiger partial charge on any atom is -0.453 e. The molecule has 5 nitrogen and oxygen atoms in total. The van der Waals surface area contributed by atoms with Crippen molar-refractivity contribution in [3.63, 3.8) is 0 Å². The molecule has 2 rings (SSSR count). The highest BCUT2D eigenvalue weighted by Gasteiger charge is 2.30. The fourth-order valence-electron chi connectivity index (χ4n) is 3.39. The fourth-order valence-corrected chi connectivity index (χ4v) is 3.39. The first-order chi connectivity index (χ1) is 12.8. The van der Waals surface area contributed by atoms with Gasteiger partial charge in [0.25, 0.3) is 5.91 Å². The number of ether oxygens (including phenoxy) is 1. The van der Waals surface area contributed by atoms with E-state index in [1.54, 1.807) is 0 Å². The molecule has 1 fully saturated rings. The molecule has 0 unspecified atom stereocenters. The van der Waals surface area contributed by atoms with Gasteiger partial charge >= 0.3 is 5.97 Å². The summed E-state index contributed by atoms with van der Waals surface area (Å²) in [4.78, 5) is 36.2. The molecule has 4 atom stereocenters. The summed E-state index contributed by atoms with van der Waals surface area (Å²) in [5.74, 6) is -0.655. The third-order valence-corrected chi connectivity index (χ3v) is 5.43. The first kappa shape index (κ1) is 21.1. The second kappa shape index (κ2) is 9.62. The van der Waals surface area contributed by atoms with Crippen molar-refractivity contribution in [2.45, 2.75) is 65.0 Å². The molecule has 0 saturated heterocycles. The molecular weight excluding hydrogens is 349 g/mol. The van der Waals surface area contributed by atoms with Crippen molar-refractivity contribution < 1.29 is 23.5 Å². The van der Waals surface area contributed by atoms with E-state index in [4.69, 9.17) is 4.74 Å². The van der Waals surface area contributed by atoms with Crippen molar-refractivity contribution in [3.8, 4) is 0 Å². The van der Waals surface area contributed by atoms with Crippen LogP contribution in [0.1, 0.15) is 63.2 Å². The number of esters is 1. The van der Waals surface area contributed by atoms with Crippen LogP contribution in [0.15, 0.2) is 24.3 Å². The Balaban J connectivity index is 1.76. The standard InChI is InChI=1S/C21H28FNO4/c1-13-5-4-6-18(14(13)2)23-21(26)15(3)27-20(25)12-11-19(24)16-7-9-17(22)10-8-16/h7-10,13-15,18H,4-6,11-12H2,1-3H3,(H,23,26)/t13-,14+,15+,18-/m0/s1. The van der Waals surface area contributed by atoms with E-state index < -0.39 is 17.9 Å². The molecule has 1 aromatic carbocycles. The highest BCUT2D eigenvalue weighted by molar-refractivity contribution is 5.97. The first-order valence-corrected chi connectivity index (χ1v) is 9.56. The maximum Gasteiger partial charge on any atom is 0.307 e. The molecule has 0 spiro atoms. The van der Waals surface area contributed by atoms with Crippen LogP contribution >= 0.6 is 0 Å². The van der Waals surface area contributed by atoms with Crippen LogP contribution in [0, 0.1) is 17.7 Å². The number of carbonyl (C=O) groups excluding carboxylic acids is 3. The molecule has 0 radical (unpaired) electrons. The Bertz CT molecular complexity index is 673. The summed E-state index contributed by atoms with van der Waals surface area (Å²) in [7, 11) is 0. The van der Waals surface area contributed by atoms with Crippen molar-refractivity contribution in [2.75, 3.05) is 0 Å². The van der Waals surface area contributed by atoms with Gasteiger partial charge in [0.1, 0.15) is 5.82 Å². The lowest BCUT2D eigenvalue weighted by Crippen LogP contribution is -2.47. The summed E-state index contributed by atoms with van der Waals surface area (Å²) >= 11 is 0. The Morgan fingerprint density at radius 1 is 1.15 bits per heavy atom. The van der Waals surface area contributed by atoms with E-state index in [1.807, 2.05) is 0 Å². The highest BCUT2D eigenvalue weighted by atomic mass is 19.1. The molecule has 6 heteroatoms. The summed E-state index contributed by atoms with van der Waals surface area (Å²) in [5.41, 5.74) is 0.343. The molecule has 1 aromatic rings. The van der Waals surface area contributed by atoms with Crippen molar-refractivity contribution >= 4 is 17.7 Å². The van der Waals surface area contributed by atoms with Crippen LogP contribution in [0.5, 0.6) is 0 Å². The van der Waals surface area contributed by atoms with Gasteiger partial charge in [-0.1, -0.05) is 26.7 Å². The lowest BCUT2D eigenvalue weighted by Gasteiger charge is -2.35. The summed E-state index contributed by atoms with van der Waals surface area (Å²) in [6.07, 6.45) is 2.11. The van der Waals surface area contributed by atoms with E-state index >= 15 is 0 Å². The summed E-state index contributed by atoms with van der Waals surface area (Å²) in [6.45, 7) is 5.85. The third kappa shape index (κ3) is 6.15. The topological polar surface area (TPSA) is 72.5 Å². The van der Waals surface area contributed by atoms with Crippen molar-refractivity contribution in [1.29, 1.82) is 0 Å². The molecule has 0 aromatic heterocycles. The van der Waals surface area contributed by atoms with E-state index in [9.17, 15) is 18.8 Å². The van der Waals surface area contributed by atoms with Crippen LogP contribution in [0.3, 0.4) is 0 Å². The van der Waals surface area contributed by atoms with E-state index in [-0.39, 0.29) is 30.6 Å². The summed E-state index contributed by atoms with van der Waals surface area (Å²) in [5, 5.41) is 2.98. The average molecular weight is 377 g/mol. The Morgan fingerprint density at radius 3 is 2.48 bits per heavy atom. The third-order valence-electron chi connectivity index (χ3n) is 5.43. The molecule has 0 heterocycles. The number of amides is 1. The van der Waals surface area contributed by atoms with Crippen LogP contribution in [0.4, 0.5) is 4.39 Å². The van der Waals surface area contributed by atoms with Crippen molar-refractivity contribution in [3.05, 3.63) is 35.6 Å². The fraction of sp³-hybridized carbons (Fsp3) is 0.571. The number of Topliss-reactive ketones (excluding diaryl/α,β-unsaturated/α-hetero) is 1. The van der Waals surface area contributed by atoms with Gasteiger partial charge in [0, 0.05) is 18.0 Å². The molecule has 27 heavy (non-hydrogen) atoms. The van der Waals surface area contributed by atoms with Crippen molar-refractivity contribution in [2.24, 2.45) is 11.8 Å². The van der Waals surface area contributed by atoms with Crippen LogP contribution < -0.4 is 5.32 Å². The Hall–Kier alpha value is -2.24. The Kier molecular flexibility index (Phi) is 7.51. The largest absolute Gasteiger partial charge is 0.453 e. The number of hydrogen-bond acceptors (Lipinski definition) is 4. The van der Waals surface area contributed by atoms with E-state index in [2.05, 4.69) is 19.2 Å². The van der Waals surface area contributed by atoms with Crippen molar-refractivity contribution in [1.82, 2.24) is 5.32 Å². The van der Waals surface area contributed by atoms with Crippen LogP contribution in [0.2, 0.25) is 0 Å². The monoisotopic (exact) mass is 377 g/mol. The smallest absolute Gasteiger partial charge is 0.307 e. The van der Waals surface area contributed by atoms with Gasteiger partial charge in [-0.15, -0.1) is 0 Å². The van der Waals surface area contributed by atoms with Gasteiger partial charge in [0.2, 0.25) is 0 Å². The minimum atomic E-state index is -0.900. The molecule has 1 amide bonds. The predicted octanol–water partition coefficient (Wildman–Crippen LogP) is 3.66. The van der Waals surface area contributed by atoms with Gasteiger partial charge < -0.3 is 10.1 Å². The zero-order chi connectivity index (χ0) is 20.0. The van der Waals surface area contributed by atoms with Gasteiger partial charge in [-0.05, 0) is 49.4 Å². The lowest BCUT2D eigenvalue weighted by molar-refractivity contribution is -0.155.